The van der Waals surface area contributed by atoms with Crippen LogP contribution in [0, 0.1) is 11.8 Å². The first-order valence-corrected chi connectivity index (χ1v) is 13.5. The van der Waals surface area contributed by atoms with Crippen LogP contribution in [0.2, 0.25) is 5.02 Å². The number of halogens is 2. The van der Waals surface area contributed by atoms with Crippen LogP contribution in [0.5, 0.6) is 5.75 Å². The minimum absolute atomic E-state index is 0.0684. The second kappa shape index (κ2) is 10.5. The summed E-state index contributed by atoms with van der Waals surface area (Å²) in [7, 11) is 0. The van der Waals surface area contributed by atoms with E-state index in [2.05, 4.69) is 5.32 Å². The van der Waals surface area contributed by atoms with Gasteiger partial charge in [0.2, 0.25) is 11.8 Å². The highest BCUT2D eigenvalue weighted by atomic mass is 35.5. The summed E-state index contributed by atoms with van der Waals surface area (Å²) in [5, 5.41) is 4.03. The minimum Gasteiger partial charge on any atom is -0.481 e. The molecule has 1 aliphatic heterocycles. The Morgan fingerprint density at radius 3 is 2.47 bits per heavy atom. The SMILES string of the molecule is CC1C=CC(C(N)=O)=C(c2c(Cl)ccc3c2C[C@@](CNC2CCC(C(N)=O)CC2)(c2ccccc2)O3)C1F. The average Bonchev–Trinajstić information content (AvgIpc) is 3.30. The molecule has 0 bridgehead atoms. The summed E-state index contributed by atoms with van der Waals surface area (Å²) in [6.07, 6.45) is 5.49. The topological polar surface area (TPSA) is 107 Å². The summed E-state index contributed by atoms with van der Waals surface area (Å²) in [4.78, 5) is 23.9. The molecule has 0 radical (unpaired) electrons. The van der Waals surface area contributed by atoms with Crippen molar-refractivity contribution < 1.29 is 18.7 Å². The van der Waals surface area contributed by atoms with Crippen LogP contribution in [0.15, 0.2) is 60.2 Å². The summed E-state index contributed by atoms with van der Waals surface area (Å²) in [5.74, 6) is -0.815. The van der Waals surface area contributed by atoms with Gasteiger partial charge >= 0.3 is 0 Å². The molecule has 5 rings (SSSR count). The summed E-state index contributed by atoms with van der Waals surface area (Å²) in [5.41, 5.74) is 13.0. The maximum Gasteiger partial charge on any atom is 0.249 e. The van der Waals surface area contributed by atoms with Crippen molar-refractivity contribution in [1.82, 2.24) is 5.32 Å². The predicted octanol–water partition coefficient (Wildman–Crippen LogP) is 4.59. The highest BCUT2D eigenvalue weighted by molar-refractivity contribution is 6.33. The van der Waals surface area contributed by atoms with Crippen molar-refractivity contribution >= 4 is 29.0 Å². The lowest BCUT2D eigenvalue weighted by Crippen LogP contribution is -2.47. The van der Waals surface area contributed by atoms with Crippen LogP contribution in [-0.4, -0.2) is 30.6 Å². The third-order valence-electron chi connectivity index (χ3n) is 8.22. The fourth-order valence-electron chi connectivity index (χ4n) is 6.02. The van der Waals surface area contributed by atoms with Crippen molar-refractivity contribution in [2.45, 2.75) is 56.8 Å². The smallest absolute Gasteiger partial charge is 0.249 e. The van der Waals surface area contributed by atoms with Gasteiger partial charge in [0.1, 0.15) is 11.9 Å². The van der Waals surface area contributed by atoms with Gasteiger partial charge in [-0.15, -0.1) is 0 Å². The number of allylic oxidation sites excluding steroid dienone is 2. The minimum atomic E-state index is -1.43. The van der Waals surface area contributed by atoms with Crippen LogP contribution < -0.4 is 21.5 Å². The van der Waals surface area contributed by atoms with Gasteiger partial charge in [0.25, 0.3) is 0 Å². The second-order valence-electron chi connectivity index (χ2n) is 10.7. The summed E-state index contributed by atoms with van der Waals surface area (Å²) in [6.45, 7) is 2.27. The number of benzene rings is 2. The number of rotatable bonds is 7. The molecular formula is C30H33ClFN3O3. The molecular weight excluding hydrogens is 505 g/mol. The van der Waals surface area contributed by atoms with E-state index in [-0.39, 0.29) is 29.0 Å². The predicted molar refractivity (Wildman–Crippen MR) is 146 cm³/mol. The number of hydrogen-bond donors (Lipinski definition) is 3. The Bertz CT molecular complexity index is 1300. The standard InChI is InChI=1S/C30H33ClFN3O3/c1-17-7-12-21(29(34)37)26(27(17)32)25-22-15-30(19-5-3-2-4-6-19,38-24(22)14-13-23(25)31)16-35-20-10-8-18(9-11-20)28(33)36/h2-7,12-14,17-18,20,27,35H,8-11,15-16H2,1H3,(H2,33,36)(H2,34,37)/t17?,18?,20?,27?,30-/m1/s1. The van der Waals surface area contributed by atoms with Crippen molar-refractivity contribution in [3.05, 3.63) is 81.9 Å². The molecule has 8 heteroatoms. The van der Waals surface area contributed by atoms with Crippen LogP contribution in [0.25, 0.3) is 5.57 Å². The van der Waals surface area contributed by atoms with Crippen LogP contribution >= 0.6 is 11.6 Å². The molecule has 5 N–H and O–H groups in total. The fraction of sp³-hybridized carbons (Fsp3) is 0.400. The Morgan fingerprint density at radius 2 is 1.82 bits per heavy atom. The molecule has 1 fully saturated rings. The number of nitrogens with two attached hydrogens (primary N) is 2. The number of fused-ring (bicyclic) bond motifs is 1. The summed E-state index contributed by atoms with van der Waals surface area (Å²) in [6, 6.07) is 13.7. The summed E-state index contributed by atoms with van der Waals surface area (Å²) < 4.78 is 22.4. The summed E-state index contributed by atoms with van der Waals surface area (Å²) >= 11 is 6.72. The molecule has 0 saturated heterocycles. The van der Waals surface area contributed by atoms with Crippen LogP contribution in [-0.2, 0) is 21.6 Å². The first-order valence-electron chi connectivity index (χ1n) is 13.2. The van der Waals surface area contributed by atoms with E-state index in [1.165, 1.54) is 0 Å². The van der Waals surface area contributed by atoms with E-state index < -0.39 is 23.6 Å². The zero-order valence-corrected chi connectivity index (χ0v) is 22.1. The average molecular weight is 538 g/mol. The van der Waals surface area contributed by atoms with Crippen LogP contribution in [0.3, 0.4) is 0 Å². The van der Waals surface area contributed by atoms with Crippen molar-refractivity contribution in [2.75, 3.05) is 6.54 Å². The van der Waals surface area contributed by atoms with Crippen LogP contribution in [0.4, 0.5) is 4.39 Å². The molecule has 1 heterocycles. The second-order valence-corrected chi connectivity index (χ2v) is 11.1. The molecule has 2 unspecified atom stereocenters. The number of ether oxygens (including phenoxy) is 1. The molecule has 200 valence electrons. The number of hydrogen-bond acceptors (Lipinski definition) is 4. The van der Waals surface area contributed by atoms with E-state index in [0.29, 0.717) is 29.3 Å². The van der Waals surface area contributed by atoms with Crippen LogP contribution in [0.1, 0.15) is 49.3 Å². The van der Waals surface area contributed by atoms with Gasteiger partial charge in [0.05, 0.1) is 0 Å². The molecule has 2 aromatic carbocycles. The molecule has 2 amide bonds. The first-order chi connectivity index (χ1) is 18.2. The quantitative estimate of drug-likeness (QED) is 0.480. The third kappa shape index (κ3) is 4.85. The molecule has 0 aromatic heterocycles. The van der Waals surface area contributed by atoms with Gasteiger partial charge in [-0.1, -0.05) is 61.0 Å². The lowest BCUT2D eigenvalue weighted by Gasteiger charge is -2.34. The Labute approximate surface area is 227 Å². The lowest BCUT2D eigenvalue weighted by molar-refractivity contribution is -0.122. The fourth-order valence-corrected chi connectivity index (χ4v) is 6.30. The molecule has 38 heavy (non-hydrogen) atoms. The van der Waals surface area contributed by atoms with E-state index in [1.807, 2.05) is 36.4 Å². The van der Waals surface area contributed by atoms with Gasteiger partial charge in [0, 0.05) is 58.1 Å². The van der Waals surface area contributed by atoms with Gasteiger partial charge in [-0.3, -0.25) is 9.59 Å². The number of amides is 2. The van der Waals surface area contributed by atoms with E-state index in [0.717, 1.165) is 36.8 Å². The lowest BCUT2D eigenvalue weighted by atomic mass is 9.80. The number of carbonyl (C=O) groups excluding carboxylic acids is 2. The first kappa shape index (κ1) is 26.4. The van der Waals surface area contributed by atoms with Gasteiger partial charge in [-0.25, -0.2) is 4.39 Å². The van der Waals surface area contributed by atoms with E-state index in [9.17, 15) is 9.59 Å². The molecule has 2 aromatic rings. The maximum atomic E-state index is 15.7. The monoisotopic (exact) mass is 537 g/mol. The molecule has 2 aliphatic carbocycles. The van der Waals surface area contributed by atoms with Gasteiger partial charge < -0.3 is 21.5 Å². The molecule has 1 saturated carbocycles. The van der Waals surface area contributed by atoms with Crippen molar-refractivity contribution in [3.63, 3.8) is 0 Å². The Morgan fingerprint density at radius 1 is 1.11 bits per heavy atom. The van der Waals surface area contributed by atoms with Gasteiger partial charge in [0.15, 0.2) is 5.60 Å². The maximum absolute atomic E-state index is 15.7. The third-order valence-corrected chi connectivity index (χ3v) is 8.54. The Hall–Kier alpha value is -3.16. The van der Waals surface area contributed by atoms with E-state index in [1.54, 1.807) is 25.1 Å². The number of primary amides is 2. The number of alkyl halides is 1. The largest absolute Gasteiger partial charge is 0.481 e. The molecule has 3 atom stereocenters. The molecule has 3 aliphatic rings. The van der Waals surface area contributed by atoms with E-state index in [4.69, 9.17) is 27.8 Å². The van der Waals surface area contributed by atoms with Crippen molar-refractivity contribution in [2.24, 2.45) is 23.3 Å². The van der Waals surface area contributed by atoms with Gasteiger partial charge in [-0.05, 0) is 43.4 Å². The Kier molecular flexibility index (Phi) is 7.34. The number of nitrogens with one attached hydrogen (secondary N) is 1. The highest BCUT2D eigenvalue weighted by Gasteiger charge is 2.44. The van der Waals surface area contributed by atoms with Gasteiger partial charge in [-0.2, -0.15) is 0 Å². The normalized spacial score (nSPS) is 28.6. The molecule has 6 nitrogen and oxygen atoms in total. The zero-order valence-electron chi connectivity index (χ0n) is 21.4. The molecule has 0 spiro atoms. The van der Waals surface area contributed by atoms with Crippen molar-refractivity contribution in [1.29, 1.82) is 0 Å². The number of carbonyl (C=O) groups is 2. The zero-order chi connectivity index (χ0) is 27.0. The van der Waals surface area contributed by atoms with E-state index >= 15 is 4.39 Å². The van der Waals surface area contributed by atoms with Crippen molar-refractivity contribution in [3.8, 4) is 5.75 Å². The highest BCUT2D eigenvalue weighted by Crippen LogP contribution is 2.49. The Balaban J connectivity index is 1.51.